The molecule has 0 heterocycles. The van der Waals surface area contributed by atoms with Crippen LogP contribution in [0.15, 0.2) is 24.3 Å². The first-order valence-corrected chi connectivity index (χ1v) is 6.42. The SMILES string of the molecule is O=C(CCCC(Cc1cccc(C(=O)O)c1)C(=O)O)NO. The summed E-state index contributed by atoms with van der Waals surface area (Å²) in [6, 6.07) is 6.12. The molecule has 1 aromatic carbocycles. The molecule has 0 aliphatic rings. The van der Waals surface area contributed by atoms with Crippen LogP contribution in [-0.4, -0.2) is 33.3 Å². The highest BCUT2D eigenvalue weighted by atomic mass is 16.5. The maximum Gasteiger partial charge on any atom is 0.335 e. The van der Waals surface area contributed by atoms with Crippen molar-refractivity contribution in [2.24, 2.45) is 5.92 Å². The highest BCUT2D eigenvalue weighted by Gasteiger charge is 2.18. The molecular formula is C14H17NO6. The first-order valence-electron chi connectivity index (χ1n) is 6.42. The van der Waals surface area contributed by atoms with Crippen LogP contribution in [0.1, 0.15) is 35.2 Å². The van der Waals surface area contributed by atoms with E-state index in [1.54, 1.807) is 12.1 Å². The Morgan fingerprint density at radius 3 is 2.48 bits per heavy atom. The minimum atomic E-state index is -1.07. The summed E-state index contributed by atoms with van der Waals surface area (Å²) in [5.41, 5.74) is 2.21. The number of benzene rings is 1. The van der Waals surface area contributed by atoms with E-state index in [0.717, 1.165) is 0 Å². The van der Waals surface area contributed by atoms with Crippen molar-refractivity contribution in [3.63, 3.8) is 0 Å². The number of hydroxylamine groups is 1. The van der Waals surface area contributed by atoms with E-state index in [1.807, 2.05) is 0 Å². The molecule has 0 saturated heterocycles. The van der Waals surface area contributed by atoms with Crippen LogP contribution in [-0.2, 0) is 16.0 Å². The lowest BCUT2D eigenvalue weighted by molar-refractivity contribution is -0.142. The second-order valence-electron chi connectivity index (χ2n) is 4.67. The van der Waals surface area contributed by atoms with Gasteiger partial charge in [0.25, 0.3) is 0 Å². The van der Waals surface area contributed by atoms with E-state index < -0.39 is 23.8 Å². The summed E-state index contributed by atoms with van der Waals surface area (Å²) in [4.78, 5) is 32.9. The van der Waals surface area contributed by atoms with Gasteiger partial charge in [0.05, 0.1) is 11.5 Å². The summed E-state index contributed by atoms with van der Waals surface area (Å²) in [5, 5.41) is 26.4. The number of rotatable bonds is 8. The van der Waals surface area contributed by atoms with Crippen LogP contribution < -0.4 is 5.48 Å². The molecule has 1 atom stereocenters. The number of aliphatic carboxylic acids is 1. The Labute approximate surface area is 121 Å². The molecule has 4 N–H and O–H groups in total. The predicted octanol–water partition coefficient (Wildman–Crippen LogP) is 1.30. The highest BCUT2D eigenvalue weighted by Crippen LogP contribution is 2.17. The van der Waals surface area contributed by atoms with Crippen LogP contribution >= 0.6 is 0 Å². The van der Waals surface area contributed by atoms with Gasteiger partial charge in [-0.3, -0.25) is 14.8 Å². The van der Waals surface area contributed by atoms with Gasteiger partial charge in [0.1, 0.15) is 0 Å². The zero-order valence-corrected chi connectivity index (χ0v) is 11.3. The minimum absolute atomic E-state index is 0.0371. The third-order valence-electron chi connectivity index (χ3n) is 3.09. The second-order valence-corrected chi connectivity index (χ2v) is 4.67. The molecule has 0 bridgehead atoms. The summed E-state index contributed by atoms with van der Waals surface area (Å²) in [6.45, 7) is 0. The second kappa shape index (κ2) is 8.01. The van der Waals surface area contributed by atoms with Crippen molar-refractivity contribution in [1.82, 2.24) is 5.48 Å². The van der Waals surface area contributed by atoms with Gasteiger partial charge in [0, 0.05) is 6.42 Å². The number of amides is 1. The summed E-state index contributed by atoms with van der Waals surface area (Å²) in [5.74, 6) is -3.34. The number of hydrogen-bond acceptors (Lipinski definition) is 4. The number of nitrogens with one attached hydrogen (secondary N) is 1. The van der Waals surface area contributed by atoms with Crippen molar-refractivity contribution >= 4 is 17.8 Å². The highest BCUT2D eigenvalue weighted by molar-refractivity contribution is 5.87. The Hall–Kier alpha value is -2.41. The van der Waals surface area contributed by atoms with Gasteiger partial charge < -0.3 is 10.2 Å². The fourth-order valence-electron chi connectivity index (χ4n) is 1.99. The number of hydrogen-bond donors (Lipinski definition) is 4. The average Bonchev–Trinajstić information content (AvgIpc) is 2.46. The summed E-state index contributed by atoms with van der Waals surface area (Å²) in [7, 11) is 0. The van der Waals surface area contributed by atoms with Crippen molar-refractivity contribution in [2.45, 2.75) is 25.7 Å². The van der Waals surface area contributed by atoms with Gasteiger partial charge in [-0.25, -0.2) is 10.3 Å². The Balaban J connectivity index is 2.66. The molecular weight excluding hydrogens is 278 g/mol. The lowest BCUT2D eigenvalue weighted by Crippen LogP contribution is -2.20. The van der Waals surface area contributed by atoms with Gasteiger partial charge in [-0.2, -0.15) is 0 Å². The Morgan fingerprint density at radius 1 is 1.19 bits per heavy atom. The van der Waals surface area contributed by atoms with Crippen molar-refractivity contribution in [2.75, 3.05) is 0 Å². The van der Waals surface area contributed by atoms with Crippen molar-refractivity contribution in [3.8, 4) is 0 Å². The van der Waals surface area contributed by atoms with E-state index in [2.05, 4.69) is 0 Å². The number of carbonyl (C=O) groups excluding carboxylic acids is 1. The number of carbonyl (C=O) groups is 3. The third kappa shape index (κ3) is 5.62. The molecule has 0 aliphatic carbocycles. The Bertz CT molecular complexity index is 528. The maximum atomic E-state index is 11.2. The van der Waals surface area contributed by atoms with Crippen LogP contribution in [0, 0.1) is 5.92 Å². The third-order valence-corrected chi connectivity index (χ3v) is 3.09. The van der Waals surface area contributed by atoms with E-state index in [-0.39, 0.29) is 24.8 Å². The molecule has 7 heteroatoms. The van der Waals surface area contributed by atoms with E-state index in [4.69, 9.17) is 15.4 Å². The number of aromatic carboxylic acids is 1. The molecule has 1 rings (SSSR count). The van der Waals surface area contributed by atoms with E-state index in [0.29, 0.717) is 12.0 Å². The van der Waals surface area contributed by atoms with Crippen LogP contribution in [0.3, 0.4) is 0 Å². The quantitative estimate of drug-likeness (QED) is 0.423. The standard InChI is InChI=1S/C14H17NO6/c16-12(15-21)6-2-5-11(14(19)20)8-9-3-1-4-10(7-9)13(17)18/h1,3-4,7,11,21H,2,5-6,8H2,(H,15,16)(H,17,18)(H,19,20). The van der Waals surface area contributed by atoms with Crippen LogP contribution in [0.5, 0.6) is 0 Å². The summed E-state index contributed by atoms with van der Waals surface area (Å²) in [6.07, 6.45) is 0.814. The molecule has 0 saturated carbocycles. The molecule has 0 aromatic heterocycles. The Kier molecular flexibility index (Phi) is 6.35. The smallest absolute Gasteiger partial charge is 0.335 e. The fraction of sp³-hybridized carbons (Fsp3) is 0.357. The molecule has 0 spiro atoms. The van der Waals surface area contributed by atoms with Crippen molar-refractivity contribution in [3.05, 3.63) is 35.4 Å². The van der Waals surface area contributed by atoms with Gasteiger partial charge in [-0.05, 0) is 37.0 Å². The zero-order valence-electron chi connectivity index (χ0n) is 11.3. The first kappa shape index (κ1) is 16.6. The largest absolute Gasteiger partial charge is 0.481 e. The van der Waals surface area contributed by atoms with Crippen molar-refractivity contribution in [1.29, 1.82) is 0 Å². The van der Waals surface area contributed by atoms with Gasteiger partial charge >= 0.3 is 11.9 Å². The lowest BCUT2D eigenvalue weighted by Gasteiger charge is -2.12. The van der Waals surface area contributed by atoms with Crippen LogP contribution in [0.2, 0.25) is 0 Å². The van der Waals surface area contributed by atoms with E-state index >= 15 is 0 Å². The number of carboxylic acids is 2. The first-order chi connectivity index (χ1) is 9.93. The summed E-state index contributed by atoms with van der Waals surface area (Å²) < 4.78 is 0. The molecule has 114 valence electrons. The molecule has 21 heavy (non-hydrogen) atoms. The van der Waals surface area contributed by atoms with Gasteiger partial charge in [0.15, 0.2) is 0 Å². The minimum Gasteiger partial charge on any atom is -0.481 e. The van der Waals surface area contributed by atoms with Crippen molar-refractivity contribution < 1.29 is 29.8 Å². The molecule has 1 amide bonds. The average molecular weight is 295 g/mol. The van der Waals surface area contributed by atoms with E-state index in [9.17, 15) is 14.4 Å². The zero-order chi connectivity index (χ0) is 15.8. The molecule has 7 nitrogen and oxygen atoms in total. The predicted molar refractivity (Wildman–Crippen MR) is 72.0 cm³/mol. The molecule has 1 unspecified atom stereocenters. The van der Waals surface area contributed by atoms with Gasteiger partial charge in [-0.1, -0.05) is 12.1 Å². The molecule has 0 fully saturated rings. The van der Waals surface area contributed by atoms with Gasteiger partial charge in [0.2, 0.25) is 5.91 Å². The van der Waals surface area contributed by atoms with Crippen LogP contribution in [0.25, 0.3) is 0 Å². The normalized spacial score (nSPS) is 11.7. The van der Waals surface area contributed by atoms with Crippen LogP contribution in [0.4, 0.5) is 0 Å². The maximum absolute atomic E-state index is 11.2. The molecule has 0 aliphatic heterocycles. The molecule has 0 radical (unpaired) electrons. The number of carboxylic acid groups (broad SMARTS) is 2. The summed E-state index contributed by atoms with van der Waals surface area (Å²) >= 11 is 0. The monoisotopic (exact) mass is 295 g/mol. The topological polar surface area (TPSA) is 124 Å². The fourth-order valence-corrected chi connectivity index (χ4v) is 1.99. The molecule has 1 aromatic rings. The Morgan fingerprint density at radius 2 is 1.90 bits per heavy atom. The lowest BCUT2D eigenvalue weighted by atomic mass is 9.93. The van der Waals surface area contributed by atoms with Gasteiger partial charge in [-0.15, -0.1) is 0 Å². The van der Waals surface area contributed by atoms with E-state index in [1.165, 1.54) is 17.6 Å².